The Morgan fingerprint density at radius 3 is 2.86 bits per heavy atom. The molecule has 0 aliphatic heterocycles. The summed E-state index contributed by atoms with van der Waals surface area (Å²) in [5, 5.41) is 15.7. The van der Waals surface area contributed by atoms with Gasteiger partial charge in [0.05, 0.1) is 5.54 Å². The lowest BCUT2D eigenvalue weighted by atomic mass is 9.98. The number of aromatic nitrogens is 1. The van der Waals surface area contributed by atoms with Gasteiger partial charge in [0.15, 0.2) is 0 Å². The Kier molecular flexibility index (Phi) is 3.82. The van der Waals surface area contributed by atoms with Gasteiger partial charge in [-0.1, -0.05) is 12.8 Å². The maximum atomic E-state index is 11.0. The highest BCUT2D eigenvalue weighted by atomic mass is 32.1. The molecule has 1 fully saturated rings. The van der Waals surface area contributed by atoms with E-state index < -0.39 is 5.97 Å². The minimum atomic E-state index is -1.03. The van der Waals surface area contributed by atoms with Crippen LogP contribution in [0.3, 0.4) is 0 Å². The fraction of sp³-hybridized carbons (Fsp3) is 0.467. The molecule has 0 atom stereocenters. The Hall–Kier alpha value is -1.66. The zero-order chi connectivity index (χ0) is 14.9. The Morgan fingerprint density at radius 2 is 2.29 bits per heavy atom. The molecule has 21 heavy (non-hydrogen) atoms. The number of nitrogens with zero attached hydrogens (tertiary/aromatic N) is 1. The molecule has 1 aliphatic carbocycles. The molecule has 1 saturated carbocycles. The number of aromatic carboxylic acids is 1. The number of rotatable bonds is 5. The zero-order valence-electron chi connectivity index (χ0n) is 11.9. The first-order valence-electron chi connectivity index (χ1n) is 7.08. The minimum absolute atomic E-state index is 0.000907. The van der Waals surface area contributed by atoms with Crippen LogP contribution in [0.4, 0.5) is 0 Å². The van der Waals surface area contributed by atoms with Crippen molar-refractivity contribution in [2.45, 2.75) is 44.7 Å². The van der Waals surface area contributed by atoms with Crippen LogP contribution in [0.2, 0.25) is 0 Å². The normalized spacial score (nSPS) is 17.2. The van der Waals surface area contributed by atoms with Gasteiger partial charge in [-0.15, -0.1) is 11.3 Å². The Labute approximate surface area is 127 Å². The van der Waals surface area contributed by atoms with E-state index in [-0.39, 0.29) is 11.3 Å². The number of carbonyl (C=O) groups is 1. The molecule has 2 heterocycles. The number of hydrogen-bond acceptors (Lipinski definition) is 5. The van der Waals surface area contributed by atoms with Crippen LogP contribution in [-0.4, -0.2) is 16.1 Å². The summed E-state index contributed by atoms with van der Waals surface area (Å²) in [5.74, 6) is -0.369. The van der Waals surface area contributed by atoms with Crippen molar-refractivity contribution in [1.82, 2.24) is 10.3 Å². The third-order valence-corrected chi connectivity index (χ3v) is 5.12. The van der Waals surface area contributed by atoms with Gasteiger partial charge >= 0.3 is 5.97 Å². The third kappa shape index (κ3) is 2.73. The number of carboxylic acid groups (broad SMARTS) is 1. The highest BCUT2D eigenvalue weighted by molar-refractivity contribution is 7.09. The second-order valence-corrected chi connectivity index (χ2v) is 6.37. The first kappa shape index (κ1) is 14.3. The summed E-state index contributed by atoms with van der Waals surface area (Å²) in [4.78, 5) is 15.4. The molecule has 2 N–H and O–H groups in total. The third-order valence-electron chi connectivity index (χ3n) is 4.15. The summed E-state index contributed by atoms with van der Waals surface area (Å²) < 4.78 is 5.26. The molecule has 112 valence electrons. The van der Waals surface area contributed by atoms with Crippen molar-refractivity contribution < 1.29 is 14.3 Å². The lowest BCUT2D eigenvalue weighted by molar-refractivity contribution is 0.0661. The lowest BCUT2D eigenvalue weighted by Gasteiger charge is -2.28. The molecular weight excluding hydrogens is 288 g/mol. The van der Waals surface area contributed by atoms with Gasteiger partial charge in [-0.3, -0.25) is 0 Å². The maximum absolute atomic E-state index is 11.0. The maximum Gasteiger partial charge on any atom is 0.371 e. The van der Waals surface area contributed by atoms with Crippen LogP contribution >= 0.6 is 11.3 Å². The number of hydrogen-bond donors (Lipinski definition) is 2. The second-order valence-electron chi connectivity index (χ2n) is 5.48. The van der Waals surface area contributed by atoms with Crippen molar-refractivity contribution in [1.29, 1.82) is 0 Å². The van der Waals surface area contributed by atoms with Gasteiger partial charge in [-0.05, 0) is 25.8 Å². The van der Waals surface area contributed by atoms with Gasteiger partial charge < -0.3 is 14.8 Å². The zero-order valence-corrected chi connectivity index (χ0v) is 12.7. The van der Waals surface area contributed by atoms with Crippen molar-refractivity contribution in [3.8, 4) is 0 Å². The number of aryl methyl sites for hydroxylation is 1. The highest BCUT2D eigenvalue weighted by Crippen LogP contribution is 2.40. The van der Waals surface area contributed by atoms with Gasteiger partial charge in [-0.2, -0.15) is 0 Å². The summed E-state index contributed by atoms with van der Waals surface area (Å²) in [6, 6.07) is 1.61. The van der Waals surface area contributed by atoms with E-state index >= 15 is 0 Å². The van der Waals surface area contributed by atoms with Crippen LogP contribution in [0.15, 0.2) is 22.1 Å². The van der Waals surface area contributed by atoms with E-state index in [1.54, 1.807) is 24.3 Å². The summed E-state index contributed by atoms with van der Waals surface area (Å²) in [5.41, 5.74) is 0.830. The van der Waals surface area contributed by atoms with E-state index in [4.69, 9.17) is 9.52 Å². The Bertz CT molecular complexity index is 627. The lowest BCUT2D eigenvalue weighted by Crippen LogP contribution is -2.39. The van der Waals surface area contributed by atoms with Crippen molar-refractivity contribution in [2.75, 3.05) is 0 Å². The fourth-order valence-corrected chi connectivity index (χ4v) is 3.84. The summed E-state index contributed by atoms with van der Waals surface area (Å²) in [7, 11) is 0. The molecule has 0 unspecified atom stereocenters. The molecule has 6 heteroatoms. The van der Waals surface area contributed by atoms with Gasteiger partial charge in [0.1, 0.15) is 10.8 Å². The quantitative estimate of drug-likeness (QED) is 0.886. The van der Waals surface area contributed by atoms with Gasteiger partial charge in [-0.25, -0.2) is 9.78 Å². The predicted octanol–water partition coefficient (Wildman–Crippen LogP) is 3.30. The Morgan fingerprint density at radius 1 is 1.52 bits per heavy atom. The van der Waals surface area contributed by atoms with E-state index in [0.29, 0.717) is 12.3 Å². The number of furan rings is 1. The molecule has 2 aromatic rings. The summed E-state index contributed by atoms with van der Waals surface area (Å²) in [6.07, 6.45) is 6.37. The van der Waals surface area contributed by atoms with Crippen molar-refractivity contribution in [3.05, 3.63) is 39.7 Å². The van der Waals surface area contributed by atoms with Gasteiger partial charge in [0.25, 0.3) is 0 Å². The number of carboxylic acids is 1. The smallest absolute Gasteiger partial charge is 0.371 e. The fourth-order valence-electron chi connectivity index (χ4n) is 2.97. The standard InChI is InChI=1S/C15H18N2O3S/c1-10-11(8-12(20-10)13(18)19)9-17-15(4-2-3-5-15)14-16-6-7-21-14/h6-8,17H,2-5,9H2,1H3,(H,18,19). The van der Waals surface area contributed by atoms with Crippen molar-refractivity contribution in [2.24, 2.45) is 0 Å². The van der Waals surface area contributed by atoms with Crippen LogP contribution in [0.1, 0.15) is 52.6 Å². The van der Waals surface area contributed by atoms with Crippen LogP contribution in [-0.2, 0) is 12.1 Å². The number of thiazole rings is 1. The molecular formula is C15H18N2O3S. The van der Waals surface area contributed by atoms with E-state index in [1.807, 2.05) is 11.6 Å². The molecule has 2 aromatic heterocycles. The number of nitrogens with one attached hydrogen (secondary N) is 1. The van der Waals surface area contributed by atoms with Crippen LogP contribution < -0.4 is 5.32 Å². The van der Waals surface area contributed by atoms with Crippen molar-refractivity contribution >= 4 is 17.3 Å². The molecule has 0 spiro atoms. The van der Waals surface area contributed by atoms with E-state index in [0.717, 1.165) is 23.4 Å². The predicted molar refractivity (Wildman–Crippen MR) is 79.5 cm³/mol. The largest absolute Gasteiger partial charge is 0.475 e. The van der Waals surface area contributed by atoms with Crippen LogP contribution in [0.5, 0.6) is 0 Å². The van der Waals surface area contributed by atoms with Crippen molar-refractivity contribution in [3.63, 3.8) is 0 Å². The molecule has 0 bridgehead atoms. The summed E-state index contributed by atoms with van der Waals surface area (Å²) in [6.45, 7) is 2.40. The van der Waals surface area contributed by atoms with Crippen LogP contribution in [0, 0.1) is 6.92 Å². The average molecular weight is 306 g/mol. The van der Waals surface area contributed by atoms with E-state index in [2.05, 4.69) is 10.3 Å². The van der Waals surface area contributed by atoms with E-state index in [1.165, 1.54) is 12.8 Å². The van der Waals surface area contributed by atoms with Gasteiger partial charge in [0, 0.05) is 23.7 Å². The van der Waals surface area contributed by atoms with Crippen LogP contribution in [0.25, 0.3) is 0 Å². The minimum Gasteiger partial charge on any atom is -0.475 e. The topological polar surface area (TPSA) is 75.4 Å². The molecule has 0 aromatic carbocycles. The molecule has 3 rings (SSSR count). The molecule has 0 amide bonds. The van der Waals surface area contributed by atoms with Gasteiger partial charge in [0.2, 0.25) is 5.76 Å². The Balaban J connectivity index is 1.78. The summed E-state index contributed by atoms with van der Waals surface area (Å²) >= 11 is 1.68. The molecule has 0 radical (unpaired) electrons. The first-order valence-corrected chi connectivity index (χ1v) is 7.96. The first-order chi connectivity index (χ1) is 10.1. The molecule has 5 nitrogen and oxygen atoms in total. The monoisotopic (exact) mass is 306 g/mol. The molecule has 0 saturated heterocycles. The average Bonchev–Trinajstić information content (AvgIpc) is 3.17. The molecule has 1 aliphatic rings. The SMILES string of the molecule is Cc1oc(C(=O)O)cc1CNC1(c2nccs2)CCCC1. The van der Waals surface area contributed by atoms with E-state index in [9.17, 15) is 4.79 Å². The highest BCUT2D eigenvalue weighted by Gasteiger charge is 2.37. The second kappa shape index (κ2) is 5.61.